The number of Topliss-reactive ketones (excluding diaryl/α,β-unsaturated/α-hetero) is 1. The van der Waals surface area contributed by atoms with Gasteiger partial charge >= 0.3 is 17.9 Å². The fourth-order valence-corrected chi connectivity index (χ4v) is 6.50. The van der Waals surface area contributed by atoms with Crippen LogP contribution in [0.5, 0.6) is 0 Å². The Labute approximate surface area is 212 Å². The molecule has 1 saturated carbocycles. The SMILES string of the molecule is CC(=O)O[C@@H]1C=C(OC(=O)c2cccc(F)c2)C(=O)[C@H]2[C@@]1(C)CC[C@H]1C(=O)O[C@H](c3ccoc3)C[C@]21C. The molecule has 0 unspecified atom stereocenters. The number of carbonyl (C=O) groups is 4. The zero-order valence-electron chi connectivity index (χ0n) is 20.7. The van der Waals surface area contributed by atoms with Crippen molar-refractivity contribution in [2.45, 2.75) is 52.2 Å². The smallest absolute Gasteiger partial charge is 0.343 e. The second-order valence-electron chi connectivity index (χ2n) is 10.5. The lowest BCUT2D eigenvalue weighted by Crippen LogP contribution is -2.62. The molecule has 1 saturated heterocycles. The molecule has 0 bridgehead atoms. The van der Waals surface area contributed by atoms with Crippen molar-refractivity contribution >= 4 is 23.7 Å². The van der Waals surface area contributed by atoms with E-state index in [1.807, 2.05) is 13.8 Å². The standard InChI is InChI=1S/C28H27FO8/c1-15(30)35-22-12-20(36-25(32)16-5-4-6-18(29)11-16)23(31)24-27(22,2)9-7-19-26(33)37-21(13-28(19,24)3)17-8-10-34-14-17/h4-6,8,10-12,14,19,21-22,24H,7,9,13H2,1-3H3/t19-,21-,22+,24-,27-,28-/m0/s1. The van der Waals surface area contributed by atoms with Gasteiger partial charge in [0.2, 0.25) is 5.78 Å². The number of rotatable bonds is 4. The lowest BCUT2D eigenvalue weighted by molar-refractivity contribution is -0.203. The van der Waals surface area contributed by atoms with Crippen LogP contribution in [0.4, 0.5) is 4.39 Å². The predicted octanol–water partition coefficient (Wildman–Crippen LogP) is 4.70. The quantitative estimate of drug-likeness (QED) is 0.430. The molecule has 9 heteroatoms. The normalized spacial score (nSPS) is 32.9. The van der Waals surface area contributed by atoms with Crippen LogP contribution >= 0.6 is 0 Å². The van der Waals surface area contributed by atoms with Gasteiger partial charge in [-0.3, -0.25) is 14.4 Å². The van der Waals surface area contributed by atoms with Gasteiger partial charge in [-0.25, -0.2) is 9.18 Å². The topological polar surface area (TPSA) is 109 Å². The fraction of sp³-hybridized carbons (Fsp3) is 0.429. The summed E-state index contributed by atoms with van der Waals surface area (Å²) >= 11 is 0. The van der Waals surface area contributed by atoms with Gasteiger partial charge in [-0.15, -0.1) is 0 Å². The molecule has 2 heterocycles. The molecule has 0 spiro atoms. The van der Waals surface area contributed by atoms with E-state index in [4.69, 9.17) is 18.6 Å². The first kappa shape index (κ1) is 24.9. The molecule has 2 aromatic rings. The minimum absolute atomic E-state index is 0.0694. The van der Waals surface area contributed by atoms with Crippen LogP contribution in [0.2, 0.25) is 0 Å². The van der Waals surface area contributed by atoms with Gasteiger partial charge in [0.1, 0.15) is 18.0 Å². The lowest BCUT2D eigenvalue weighted by atomic mass is 9.46. The second kappa shape index (κ2) is 8.97. The molecule has 0 amide bonds. The molecule has 1 aliphatic heterocycles. The van der Waals surface area contributed by atoms with Gasteiger partial charge in [-0.05, 0) is 48.9 Å². The van der Waals surface area contributed by atoms with E-state index in [9.17, 15) is 23.6 Å². The number of fused-ring (bicyclic) bond motifs is 3. The molecule has 6 atom stereocenters. The van der Waals surface area contributed by atoms with E-state index in [2.05, 4.69) is 0 Å². The molecule has 1 aromatic heterocycles. The number of halogens is 1. The highest BCUT2D eigenvalue weighted by molar-refractivity contribution is 6.02. The molecular weight excluding hydrogens is 483 g/mol. The third-order valence-corrected chi connectivity index (χ3v) is 8.18. The van der Waals surface area contributed by atoms with Crippen LogP contribution in [0, 0.1) is 28.5 Å². The Kier molecular flexibility index (Phi) is 6.04. The molecule has 8 nitrogen and oxygen atoms in total. The van der Waals surface area contributed by atoms with Gasteiger partial charge in [-0.1, -0.05) is 19.9 Å². The number of ketones is 1. The highest BCUT2D eigenvalue weighted by Crippen LogP contribution is 2.63. The third kappa shape index (κ3) is 4.16. The summed E-state index contributed by atoms with van der Waals surface area (Å²) in [6.07, 6.45) is 4.01. The Morgan fingerprint density at radius 3 is 2.59 bits per heavy atom. The number of hydrogen-bond donors (Lipinski definition) is 0. The maximum Gasteiger partial charge on any atom is 0.343 e. The number of ether oxygens (including phenoxy) is 3. The van der Waals surface area contributed by atoms with Crippen LogP contribution in [-0.2, 0) is 28.6 Å². The van der Waals surface area contributed by atoms with Gasteiger partial charge in [0.05, 0.1) is 24.0 Å². The molecule has 2 aliphatic carbocycles. The summed E-state index contributed by atoms with van der Waals surface area (Å²) in [6, 6.07) is 6.63. The van der Waals surface area contributed by atoms with Crippen molar-refractivity contribution in [1.82, 2.24) is 0 Å². The maximum atomic E-state index is 14.1. The zero-order valence-corrected chi connectivity index (χ0v) is 20.7. The zero-order chi connectivity index (χ0) is 26.5. The third-order valence-electron chi connectivity index (χ3n) is 8.18. The number of carbonyl (C=O) groups excluding carboxylic acids is 4. The molecule has 5 rings (SSSR count). The molecular formula is C28H27FO8. The van der Waals surface area contributed by atoms with E-state index in [1.165, 1.54) is 43.7 Å². The summed E-state index contributed by atoms with van der Waals surface area (Å²) in [4.78, 5) is 52.1. The van der Waals surface area contributed by atoms with Crippen molar-refractivity contribution in [2.24, 2.45) is 22.7 Å². The Bertz CT molecular complexity index is 1300. The van der Waals surface area contributed by atoms with Gasteiger partial charge in [0.15, 0.2) is 5.76 Å². The van der Waals surface area contributed by atoms with E-state index >= 15 is 0 Å². The molecule has 0 radical (unpaired) electrons. The minimum Gasteiger partial charge on any atom is -0.472 e. The monoisotopic (exact) mass is 510 g/mol. The van der Waals surface area contributed by atoms with Crippen LogP contribution < -0.4 is 0 Å². The number of benzene rings is 1. The first-order chi connectivity index (χ1) is 17.5. The molecule has 3 aliphatic rings. The molecule has 0 N–H and O–H groups in total. The summed E-state index contributed by atoms with van der Waals surface area (Å²) in [5.41, 5.74) is -1.15. The predicted molar refractivity (Wildman–Crippen MR) is 125 cm³/mol. The summed E-state index contributed by atoms with van der Waals surface area (Å²) < 4.78 is 35.7. The van der Waals surface area contributed by atoms with Crippen molar-refractivity contribution < 1.29 is 42.2 Å². The van der Waals surface area contributed by atoms with Crippen LogP contribution in [0.3, 0.4) is 0 Å². The van der Waals surface area contributed by atoms with E-state index in [0.717, 1.165) is 6.07 Å². The number of allylic oxidation sites excluding steroid dienone is 1. The van der Waals surface area contributed by atoms with Gasteiger partial charge < -0.3 is 18.6 Å². The van der Waals surface area contributed by atoms with Crippen molar-refractivity contribution in [1.29, 1.82) is 0 Å². The van der Waals surface area contributed by atoms with E-state index in [-0.39, 0.29) is 11.3 Å². The van der Waals surface area contributed by atoms with Gasteiger partial charge in [0, 0.05) is 29.9 Å². The van der Waals surface area contributed by atoms with Gasteiger partial charge in [0.25, 0.3) is 0 Å². The summed E-state index contributed by atoms with van der Waals surface area (Å²) in [5.74, 6) is -4.67. The summed E-state index contributed by atoms with van der Waals surface area (Å²) in [5, 5.41) is 0. The highest BCUT2D eigenvalue weighted by Gasteiger charge is 2.66. The summed E-state index contributed by atoms with van der Waals surface area (Å²) in [6.45, 7) is 4.99. The molecule has 37 heavy (non-hydrogen) atoms. The number of hydrogen-bond acceptors (Lipinski definition) is 8. The molecule has 194 valence electrons. The highest BCUT2D eigenvalue weighted by atomic mass is 19.1. The number of esters is 3. The fourth-order valence-electron chi connectivity index (χ4n) is 6.50. The maximum absolute atomic E-state index is 14.1. The molecule has 1 aromatic carbocycles. The Morgan fingerprint density at radius 1 is 1.14 bits per heavy atom. The lowest BCUT2D eigenvalue weighted by Gasteiger charge is -2.59. The van der Waals surface area contributed by atoms with E-state index in [0.29, 0.717) is 24.8 Å². The summed E-state index contributed by atoms with van der Waals surface area (Å²) in [7, 11) is 0. The van der Waals surface area contributed by atoms with Crippen LogP contribution in [0.25, 0.3) is 0 Å². The first-order valence-electron chi connectivity index (χ1n) is 12.2. The number of cyclic esters (lactones) is 1. The van der Waals surface area contributed by atoms with Crippen molar-refractivity contribution in [3.63, 3.8) is 0 Å². The van der Waals surface area contributed by atoms with E-state index in [1.54, 1.807) is 6.07 Å². The average Bonchev–Trinajstić information content (AvgIpc) is 3.36. The Morgan fingerprint density at radius 2 is 1.92 bits per heavy atom. The molecule has 2 fully saturated rings. The van der Waals surface area contributed by atoms with Crippen molar-refractivity contribution in [3.05, 3.63) is 71.6 Å². The van der Waals surface area contributed by atoms with Crippen LogP contribution in [-0.4, -0.2) is 29.8 Å². The first-order valence-corrected chi connectivity index (χ1v) is 12.2. The Hall–Kier alpha value is -3.75. The van der Waals surface area contributed by atoms with Crippen LogP contribution in [0.15, 0.2) is 59.1 Å². The van der Waals surface area contributed by atoms with E-state index < -0.39 is 64.4 Å². The number of furan rings is 1. The van der Waals surface area contributed by atoms with Crippen LogP contribution in [0.1, 0.15) is 62.1 Å². The van der Waals surface area contributed by atoms with Crippen molar-refractivity contribution in [3.8, 4) is 0 Å². The average molecular weight is 511 g/mol. The Balaban J connectivity index is 1.56. The minimum atomic E-state index is -0.916. The van der Waals surface area contributed by atoms with Crippen molar-refractivity contribution in [2.75, 3.05) is 0 Å². The van der Waals surface area contributed by atoms with Gasteiger partial charge in [-0.2, -0.15) is 0 Å². The largest absolute Gasteiger partial charge is 0.472 e. The second-order valence-corrected chi connectivity index (χ2v) is 10.5.